The zero-order chi connectivity index (χ0) is 16.9. The van der Waals surface area contributed by atoms with E-state index in [1.165, 1.54) is 0 Å². The lowest BCUT2D eigenvalue weighted by Gasteiger charge is -2.22. The molecule has 0 saturated heterocycles. The Kier molecular flexibility index (Phi) is 4.77. The van der Waals surface area contributed by atoms with Crippen LogP contribution >= 0.6 is 0 Å². The summed E-state index contributed by atoms with van der Waals surface area (Å²) in [7, 11) is 0. The number of nitriles is 1. The first-order valence-electron chi connectivity index (χ1n) is 7.11. The quantitative estimate of drug-likeness (QED) is 0.851. The zero-order valence-corrected chi connectivity index (χ0v) is 13.0. The number of hydrogen-bond acceptors (Lipinski definition) is 3. The van der Waals surface area contributed by atoms with E-state index in [-0.39, 0.29) is 0 Å². The number of carbonyl (C=O) groups excluding carboxylic acids is 2. The Hall–Kier alpha value is -3.13. The summed E-state index contributed by atoms with van der Waals surface area (Å²) in [5.74, 6) is -0.814. The van der Waals surface area contributed by atoms with Crippen molar-refractivity contribution >= 4 is 23.2 Å². The Bertz CT molecular complexity index is 744. The highest BCUT2D eigenvalue weighted by Crippen LogP contribution is 2.21. The standard InChI is InChI=1S/C18H17N3O2/c1-18(2,16(22)20-14-6-4-3-5-7-14)17(23)21-15-10-8-13(12-19)9-11-15/h3-11H,1-2H3,(H,20,22)(H,21,23). The summed E-state index contributed by atoms with van der Waals surface area (Å²) in [4.78, 5) is 24.7. The summed E-state index contributed by atoms with van der Waals surface area (Å²) in [5, 5.41) is 14.2. The second-order valence-corrected chi connectivity index (χ2v) is 5.59. The molecule has 2 N–H and O–H groups in total. The molecule has 0 unspecified atom stereocenters. The number of benzene rings is 2. The number of amides is 2. The Labute approximate surface area is 134 Å². The Morgan fingerprint density at radius 1 is 0.870 bits per heavy atom. The summed E-state index contributed by atoms with van der Waals surface area (Å²) in [6, 6.07) is 17.4. The first-order valence-corrected chi connectivity index (χ1v) is 7.11. The van der Waals surface area contributed by atoms with E-state index in [1.54, 1.807) is 62.4 Å². The van der Waals surface area contributed by atoms with Crippen molar-refractivity contribution in [1.82, 2.24) is 0 Å². The van der Waals surface area contributed by atoms with Gasteiger partial charge in [-0.15, -0.1) is 0 Å². The van der Waals surface area contributed by atoms with Crippen molar-refractivity contribution in [1.29, 1.82) is 5.26 Å². The number of rotatable bonds is 4. The molecule has 0 aliphatic heterocycles. The molecule has 0 heterocycles. The van der Waals surface area contributed by atoms with Gasteiger partial charge in [0.25, 0.3) is 0 Å². The van der Waals surface area contributed by atoms with Gasteiger partial charge in [0.2, 0.25) is 11.8 Å². The highest BCUT2D eigenvalue weighted by atomic mass is 16.2. The molecule has 2 aromatic carbocycles. The Morgan fingerprint density at radius 3 is 1.83 bits per heavy atom. The molecule has 0 aliphatic rings. The van der Waals surface area contributed by atoms with Crippen molar-refractivity contribution in [3.8, 4) is 6.07 Å². The van der Waals surface area contributed by atoms with E-state index >= 15 is 0 Å². The predicted octanol–water partition coefficient (Wildman–Crippen LogP) is 3.16. The van der Waals surface area contributed by atoms with E-state index < -0.39 is 17.2 Å². The van der Waals surface area contributed by atoms with Gasteiger partial charge < -0.3 is 10.6 Å². The molecule has 0 radical (unpaired) electrons. The summed E-state index contributed by atoms with van der Waals surface area (Å²) < 4.78 is 0. The minimum Gasteiger partial charge on any atom is -0.325 e. The van der Waals surface area contributed by atoms with Crippen molar-refractivity contribution in [3.63, 3.8) is 0 Å². The smallest absolute Gasteiger partial charge is 0.239 e. The minimum atomic E-state index is -1.25. The molecule has 2 aromatic rings. The third kappa shape index (κ3) is 3.95. The van der Waals surface area contributed by atoms with Crippen LogP contribution in [0, 0.1) is 16.7 Å². The van der Waals surface area contributed by atoms with Crippen LogP contribution < -0.4 is 10.6 Å². The van der Waals surface area contributed by atoms with Gasteiger partial charge in [-0.05, 0) is 50.2 Å². The second-order valence-electron chi connectivity index (χ2n) is 5.59. The molecule has 5 nitrogen and oxygen atoms in total. The number of para-hydroxylation sites is 1. The number of hydrogen-bond donors (Lipinski definition) is 2. The van der Waals surface area contributed by atoms with Crippen LogP contribution in [0.5, 0.6) is 0 Å². The van der Waals surface area contributed by atoms with Crippen molar-refractivity contribution in [3.05, 3.63) is 60.2 Å². The monoisotopic (exact) mass is 307 g/mol. The molecular weight excluding hydrogens is 290 g/mol. The van der Waals surface area contributed by atoms with Crippen molar-refractivity contribution in [2.45, 2.75) is 13.8 Å². The summed E-state index contributed by atoms with van der Waals surface area (Å²) in [6.07, 6.45) is 0. The van der Waals surface area contributed by atoms with E-state index in [2.05, 4.69) is 10.6 Å². The van der Waals surface area contributed by atoms with Gasteiger partial charge in [-0.25, -0.2) is 0 Å². The molecular formula is C18H17N3O2. The fourth-order valence-electron chi connectivity index (χ4n) is 1.83. The summed E-state index contributed by atoms with van der Waals surface area (Å²) in [6.45, 7) is 3.12. The molecule has 2 rings (SSSR count). The maximum Gasteiger partial charge on any atom is 0.239 e. The van der Waals surface area contributed by atoms with Crippen molar-refractivity contribution < 1.29 is 9.59 Å². The topological polar surface area (TPSA) is 82.0 Å². The van der Waals surface area contributed by atoms with E-state index in [0.29, 0.717) is 16.9 Å². The number of nitrogens with one attached hydrogen (secondary N) is 2. The number of nitrogens with zero attached hydrogens (tertiary/aromatic N) is 1. The maximum absolute atomic E-state index is 12.4. The third-order valence-electron chi connectivity index (χ3n) is 3.44. The predicted molar refractivity (Wildman–Crippen MR) is 88.6 cm³/mol. The van der Waals surface area contributed by atoms with Crippen molar-refractivity contribution in [2.24, 2.45) is 5.41 Å². The van der Waals surface area contributed by atoms with Gasteiger partial charge in [-0.3, -0.25) is 9.59 Å². The molecule has 0 bridgehead atoms. The van der Waals surface area contributed by atoms with Crippen LogP contribution in [0.4, 0.5) is 11.4 Å². The van der Waals surface area contributed by atoms with Crippen LogP contribution in [0.1, 0.15) is 19.4 Å². The SMILES string of the molecule is CC(C)(C(=O)Nc1ccccc1)C(=O)Nc1ccc(C#N)cc1. The minimum absolute atomic E-state index is 0.394. The highest BCUT2D eigenvalue weighted by molar-refractivity contribution is 6.13. The molecule has 5 heteroatoms. The average Bonchev–Trinajstić information content (AvgIpc) is 2.56. The number of carbonyl (C=O) groups is 2. The normalized spacial score (nSPS) is 10.5. The van der Waals surface area contributed by atoms with Gasteiger partial charge in [0.15, 0.2) is 0 Å². The molecule has 2 amide bonds. The molecule has 0 aromatic heterocycles. The van der Waals surface area contributed by atoms with E-state index in [0.717, 1.165) is 0 Å². The summed E-state index contributed by atoms with van der Waals surface area (Å²) in [5.41, 5.74) is 0.430. The Morgan fingerprint density at radius 2 is 1.35 bits per heavy atom. The molecule has 116 valence electrons. The van der Waals surface area contributed by atoms with Gasteiger partial charge in [0, 0.05) is 11.4 Å². The molecule has 23 heavy (non-hydrogen) atoms. The number of anilines is 2. The summed E-state index contributed by atoms with van der Waals surface area (Å²) >= 11 is 0. The average molecular weight is 307 g/mol. The van der Waals surface area contributed by atoms with Crippen LogP contribution in [0.25, 0.3) is 0 Å². The van der Waals surface area contributed by atoms with Gasteiger partial charge in [-0.2, -0.15) is 5.26 Å². The zero-order valence-electron chi connectivity index (χ0n) is 13.0. The second kappa shape index (κ2) is 6.75. The van der Waals surface area contributed by atoms with Crippen molar-refractivity contribution in [2.75, 3.05) is 10.6 Å². The molecule has 0 spiro atoms. The van der Waals surface area contributed by atoms with Crippen LogP contribution in [0.15, 0.2) is 54.6 Å². The third-order valence-corrected chi connectivity index (χ3v) is 3.44. The lowest BCUT2D eigenvalue weighted by molar-refractivity contribution is -0.135. The lowest BCUT2D eigenvalue weighted by atomic mass is 9.90. The van der Waals surface area contributed by atoms with Crippen LogP contribution in [-0.4, -0.2) is 11.8 Å². The first-order chi connectivity index (χ1) is 10.9. The van der Waals surface area contributed by atoms with E-state index in [4.69, 9.17) is 5.26 Å². The van der Waals surface area contributed by atoms with Gasteiger partial charge in [-0.1, -0.05) is 18.2 Å². The molecule has 0 saturated carbocycles. The first kappa shape index (κ1) is 16.2. The molecule has 0 fully saturated rings. The highest BCUT2D eigenvalue weighted by Gasteiger charge is 2.36. The van der Waals surface area contributed by atoms with E-state index in [9.17, 15) is 9.59 Å². The molecule has 0 aliphatic carbocycles. The van der Waals surface area contributed by atoms with Crippen LogP contribution in [0.2, 0.25) is 0 Å². The van der Waals surface area contributed by atoms with Gasteiger partial charge in [0.1, 0.15) is 5.41 Å². The Balaban J connectivity index is 2.06. The van der Waals surface area contributed by atoms with Gasteiger partial charge in [0.05, 0.1) is 11.6 Å². The largest absolute Gasteiger partial charge is 0.325 e. The van der Waals surface area contributed by atoms with Crippen LogP contribution in [-0.2, 0) is 9.59 Å². The fourth-order valence-corrected chi connectivity index (χ4v) is 1.83. The van der Waals surface area contributed by atoms with Gasteiger partial charge >= 0.3 is 0 Å². The fraction of sp³-hybridized carbons (Fsp3) is 0.167. The molecule has 0 atom stereocenters. The van der Waals surface area contributed by atoms with Crippen LogP contribution in [0.3, 0.4) is 0 Å². The van der Waals surface area contributed by atoms with E-state index in [1.807, 2.05) is 12.1 Å². The lowest BCUT2D eigenvalue weighted by Crippen LogP contribution is -2.41. The maximum atomic E-state index is 12.4.